The van der Waals surface area contributed by atoms with Gasteiger partial charge in [-0.3, -0.25) is 14.4 Å². The van der Waals surface area contributed by atoms with Gasteiger partial charge in [0, 0.05) is 19.4 Å². The van der Waals surface area contributed by atoms with Crippen molar-refractivity contribution in [1.82, 2.24) is 19.9 Å². The Hall–Kier alpha value is -3.55. The summed E-state index contributed by atoms with van der Waals surface area (Å²) in [5, 5.41) is 8.38. The van der Waals surface area contributed by atoms with Gasteiger partial charge in [0.1, 0.15) is 11.6 Å². The van der Waals surface area contributed by atoms with Crippen LogP contribution < -0.4 is 11.3 Å². The minimum atomic E-state index is -0.693. The van der Waals surface area contributed by atoms with E-state index in [2.05, 4.69) is 10.3 Å². The summed E-state index contributed by atoms with van der Waals surface area (Å²) < 4.78 is 1.18. The molecule has 0 unspecified atom stereocenters. The molecule has 0 bridgehead atoms. The number of rotatable bonds is 4. The first-order valence-electron chi connectivity index (χ1n) is 9.02. The monoisotopic (exact) mass is 377 g/mol. The first kappa shape index (κ1) is 17.8. The Morgan fingerprint density at radius 3 is 2.57 bits per heavy atom. The number of benzene rings is 2. The zero-order chi connectivity index (χ0) is 19.7. The van der Waals surface area contributed by atoms with Gasteiger partial charge in [0.15, 0.2) is 0 Å². The highest BCUT2D eigenvalue weighted by Crippen LogP contribution is 2.24. The fourth-order valence-electron chi connectivity index (χ4n) is 3.55. The van der Waals surface area contributed by atoms with Crippen molar-refractivity contribution in [2.24, 2.45) is 5.73 Å². The summed E-state index contributed by atoms with van der Waals surface area (Å²) in [4.78, 5) is 38.7. The number of hydrogen-bond acceptors (Lipinski definition) is 5. The van der Waals surface area contributed by atoms with Crippen LogP contribution >= 0.6 is 0 Å². The predicted octanol–water partition coefficient (Wildman–Crippen LogP) is 0.620. The van der Waals surface area contributed by atoms with Gasteiger partial charge in [-0.25, -0.2) is 4.68 Å². The van der Waals surface area contributed by atoms with E-state index in [1.54, 1.807) is 24.3 Å². The van der Waals surface area contributed by atoms with Crippen LogP contribution in [0.15, 0.2) is 53.3 Å². The molecule has 1 aliphatic rings. The molecule has 0 aliphatic carbocycles. The second-order valence-electron chi connectivity index (χ2n) is 6.80. The smallest absolute Gasteiger partial charge is 0.277 e. The van der Waals surface area contributed by atoms with E-state index >= 15 is 0 Å². The van der Waals surface area contributed by atoms with Crippen LogP contribution in [-0.4, -0.2) is 37.7 Å². The maximum absolute atomic E-state index is 12.8. The maximum Gasteiger partial charge on any atom is 0.277 e. The van der Waals surface area contributed by atoms with Crippen LogP contribution in [-0.2, 0) is 29.1 Å². The van der Waals surface area contributed by atoms with Crippen molar-refractivity contribution in [2.45, 2.75) is 32.0 Å². The molecule has 28 heavy (non-hydrogen) atoms. The van der Waals surface area contributed by atoms with Crippen LogP contribution in [0.25, 0.3) is 10.9 Å². The van der Waals surface area contributed by atoms with E-state index in [0.717, 1.165) is 11.1 Å². The molecule has 2 amide bonds. The lowest BCUT2D eigenvalue weighted by molar-refractivity contribution is -0.140. The van der Waals surface area contributed by atoms with Crippen molar-refractivity contribution in [3.8, 4) is 0 Å². The fraction of sp³-hybridized carbons (Fsp3) is 0.250. The van der Waals surface area contributed by atoms with Gasteiger partial charge in [-0.1, -0.05) is 41.6 Å². The Balaban J connectivity index is 1.54. The summed E-state index contributed by atoms with van der Waals surface area (Å²) in [5.74, 6) is -0.786. The van der Waals surface area contributed by atoms with Gasteiger partial charge in [0.2, 0.25) is 11.8 Å². The molecule has 0 radical (unpaired) electrons. The van der Waals surface area contributed by atoms with Gasteiger partial charge in [-0.05, 0) is 23.3 Å². The number of carbonyl (C=O) groups is 2. The fourth-order valence-corrected chi connectivity index (χ4v) is 3.55. The van der Waals surface area contributed by atoms with Crippen molar-refractivity contribution < 1.29 is 9.59 Å². The molecule has 1 aromatic heterocycles. The van der Waals surface area contributed by atoms with Crippen LogP contribution in [0.2, 0.25) is 0 Å². The molecule has 0 saturated carbocycles. The van der Waals surface area contributed by atoms with Crippen molar-refractivity contribution in [3.05, 3.63) is 70.0 Å². The van der Waals surface area contributed by atoms with E-state index in [0.29, 0.717) is 23.9 Å². The molecular weight excluding hydrogens is 358 g/mol. The van der Waals surface area contributed by atoms with Gasteiger partial charge in [0.05, 0.1) is 11.9 Å². The number of amides is 2. The number of hydrogen-bond donors (Lipinski definition) is 1. The molecule has 2 heterocycles. The molecule has 1 atom stereocenters. The third-order valence-corrected chi connectivity index (χ3v) is 5.06. The van der Waals surface area contributed by atoms with Crippen molar-refractivity contribution >= 4 is 22.7 Å². The Morgan fingerprint density at radius 1 is 1.07 bits per heavy atom. The molecular formula is C20H19N5O3. The molecule has 0 saturated heterocycles. The van der Waals surface area contributed by atoms with Crippen LogP contribution in [0.4, 0.5) is 0 Å². The number of aryl methyl sites for hydroxylation is 1. The highest BCUT2D eigenvalue weighted by molar-refractivity contribution is 5.87. The Kier molecular flexibility index (Phi) is 4.60. The normalized spacial score (nSPS) is 16.0. The summed E-state index contributed by atoms with van der Waals surface area (Å²) in [7, 11) is 0. The average molecular weight is 377 g/mol. The van der Waals surface area contributed by atoms with E-state index in [1.807, 2.05) is 24.3 Å². The first-order chi connectivity index (χ1) is 13.5. The Morgan fingerprint density at radius 2 is 1.79 bits per heavy atom. The number of nitrogens with zero attached hydrogens (tertiary/aromatic N) is 4. The molecule has 8 nitrogen and oxygen atoms in total. The van der Waals surface area contributed by atoms with Gasteiger partial charge >= 0.3 is 0 Å². The van der Waals surface area contributed by atoms with E-state index < -0.39 is 11.9 Å². The van der Waals surface area contributed by atoms with Gasteiger partial charge in [-0.15, -0.1) is 5.10 Å². The zero-order valence-corrected chi connectivity index (χ0v) is 15.1. The third-order valence-electron chi connectivity index (χ3n) is 5.06. The van der Waals surface area contributed by atoms with Crippen molar-refractivity contribution in [3.63, 3.8) is 0 Å². The lowest BCUT2D eigenvalue weighted by Crippen LogP contribution is -2.51. The molecule has 0 fully saturated rings. The van der Waals surface area contributed by atoms with E-state index in [4.69, 9.17) is 5.73 Å². The summed E-state index contributed by atoms with van der Waals surface area (Å²) >= 11 is 0. The van der Waals surface area contributed by atoms with Crippen molar-refractivity contribution in [2.75, 3.05) is 0 Å². The molecule has 2 aromatic carbocycles. The highest BCUT2D eigenvalue weighted by Gasteiger charge is 2.33. The van der Waals surface area contributed by atoms with Crippen LogP contribution in [0.1, 0.15) is 17.5 Å². The van der Waals surface area contributed by atoms with E-state index in [1.165, 1.54) is 9.58 Å². The second kappa shape index (κ2) is 7.22. The molecule has 8 heteroatoms. The molecule has 2 N–H and O–H groups in total. The number of carbonyl (C=O) groups excluding carboxylic acids is 2. The minimum absolute atomic E-state index is 0.0267. The molecule has 0 spiro atoms. The van der Waals surface area contributed by atoms with Crippen LogP contribution in [0.5, 0.6) is 0 Å². The summed E-state index contributed by atoms with van der Waals surface area (Å²) in [6.07, 6.45) is 0.422. The number of nitrogens with two attached hydrogens (primary N) is 1. The summed E-state index contributed by atoms with van der Waals surface area (Å²) in [5.41, 5.74) is 7.77. The SMILES string of the molecule is NC(=O)[C@@H]1Cc2ccccc2CN1C(=O)CCn1nnc2ccccc2c1=O. The zero-order valence-electron chi connectivity index (χ0n) is 15.1. The van der Waals surface area contributed by atoms with Gasteiger partial charge < -0.3 is 10.6 Å². The Bertz CT molecular complexity index is 1120. The second-order valence-corrected chi connectivity index (χ2v) is 6.80. The van der Waals surface area contributed by atoms with E-state index in [-0.39, 0.29) is 24.4 Å². The number of primary amides is 1. The first-order valence-corrected chi connectivity index (χ1v) is 9.02. The molecule has 4 rings (SSSR count). The molecule has 3 aromatic rings. The number of fused-ring (bicyclic) bond motifs is 2. The standard InChI is InChI=1S/C20H19N5O3/c21-19(27)17-11-13-5-1-2-6-14(13)12-24(17)18(26)9-10-25-20(28)15-7-3-4-8-16(15)22-23-25/h1-8,17H,9-12H2,(H2,21,27)/t17-/m0/s1. The third kappa shape index (κ3) is 3.24. The lowest BCUT2D eigenvalue weighted by atomic mass is 9.93. The number of aromatic nitrogens is 3. The molecule has 142 valence electrons. The summed E-state index contributed by atoms with van der Waals surface area (Å²) in [6.45, 7) is 0.403. The summed E-state index contributed by atoms with van der Waals surface area (Å²) in [6, 6.07) is 13.9. The molecule has 1 aliphatic heterocycles. The largest absolute Gasteiger partial charge is 0.368 e. The van der Waals surface area contributed by atoms with Crippen molar-refractivity contribution in [1.29, 1.82) is 0 Å². The lowest BCUT2D eigenvalue weighted by Gasteiger charge is -2.35. The average Bonchev–Trinajstić information content (AvgIpc) is 2.72. The maximum atomic E-state index is 12.8. The van der Waals surface area contributed by atoms with Gasteiger partial charge in [-0.2, -0.15) is 0 Å². The Labute approximate surface area is 160 Å². The highest BCUT2D eigenvalue weighted by atomic mass is 16.2. The van der Waals surface area contributed by atoms with Crippen LogP contribution in [0.3, 0.4) is 0 Å². The van der Waals surface area contributed by atoms with E-state index in [9.17, 15) is 14.4 Å². The minimum Gasteiger partial charge on any atom is -0.368 e. The van der Waals surface area contributed by atoms with Crippen LogP contribution in [0, 0.1) is 0 Å². The van der Waals surface area contributed by atoms with Gasteiger partial charge in [0.25, 0.3) is 5.56 Å². The topological polar surface area (TPSA) is 111 Å². The quantitative estimate of drug-likeness (QED) is 0.716. The predicted molar refractivity (Wildman–Crippen MR) is 102 cm³/mol.